The molecule has 4 rings (SSSR count). The summed E-state index contributed by atoms with van der Waals surface area (Å²) in [7, 11) is 0. The number of carbonyl (C=O) groups excluding carboxylic acids is 1. The van der Waals surface area contributed by atoms with Crippen LogP contribution in [0.15, 0.2) is 55.5 Å². The highest BCUT2D eigenvalue weighted by molar-refractivity contribution is 9.10. The predicted octanol–water partition coefficient (Wildman–Crippen LogP) is 4.67. The molecule has 0 bridgehead atoms. The number of hydrogen-bond donors (Lipinski definition) is 2. The van der Waals surface area contributed by atoms with E-state index in [0.717, 1.165) is 48.0 Å². The van der Waals surface area contributed by atoms with Crippen LogP contribution < -0.4 is 5.43 Å². The molecular formula is C23H22BrN3O4. The van der Waals surface area contributed by atoms with Crippen molar-refractivity contribution in [3.8, 4) is 5.75 Å². The fraction of sp³-hybridized carbons (Fsp3) is 0.261. The highest BCUT2D eigenvalue weighted by Crippen LogP contribution is 2.40. The van der Waals surface area contributed by atoms with Gasteiger partial charge in [0.15, 0.2) is 6.61 Å². The van der Waals surface area contributed by atoms with Crippen molar-refractivity contribution in [2.45, 2.75) is 32.6 Å². The van der Waals surface area contributed by atoms with Gasteiger partial charge in [0.05, 0.1) is 16.4 Å². The zero-order valence-electron chi connectivity index (χ0n) is 17.0. The second kappa shape index (κ2) is 9.34. The summed E-state index contributed by atoms with van der Waals surface area (Å²) in [5, 5.41) is 19.4. The van der Waals surface area contributed by atoms with Crippen LogP contribution in [0.4, 0.5) is 0 Å². The third-order valence-corrected chi connectivity index (χ3v) is 5.78. The number of benzene rings is 2. The number of hydrazone groups is 1. The lowest BCUT2D eigenvalue weighted by Gasteiger charge is -2.10. The Balaban J connectivity index is 1.44. The van der Waals surface area contributed by atoms with Crippen molar-refractivity contribution in [2.24, 2.45) is 10.3 Å². The molecule has 2 aromatic carbocycles. The number of carbonyl (C=O) groups is 1. The first-order chi connectivity index (χ1) is 15.0. The minimum Gasteiger partial charge on any atom is -0.506 e. The van der Waals surface area contributed by atoms with Crippen LogP contribution in [0.3, 0.4) is 0 Å². The van der Waals surface area contributed by atoms with Gasteiger partial charge in [-0.05, 0) is 53.7 Å². The molecule has 31 heavy (non-hydrogen) atoms. The van der Waals surface area contributed by atoms with Crippen LogP contribution in [0.2, 0.25) is 0 Å². The third kappa shape index (κ3) is 4.64. The Labute approximate surface area is 187 Å². The lowest BCUT2D eigenvalue weighted by atomic mass is 9.94. The average Bonchev–Trinajstić information content (AvgIpc) is 3.14. The maximum absolute atomic E-state index is 12.0. The maximum Gasteiger partial charge on any atom is 0.280 e. The van der Waals surface area contributed by atoms with Gasteiger partial charge in [-0.3, -0.25) is 4.79 Å². The lowest BCUT2D eigenvalue weighted by Crippen LogP contribution is -2.22. The molecule has 3 aromatic rings. The van der Waals surface area contributed by atoms with Gasteiger partial charge < -0.3 is 14.4 Å². The molecular weight excluding hydrogens is 462 g/mol. The minimum absolute atomic E-state index is 0.0546. The second-order valence-corrected chi connectivity index (χ2v) is 8.17. The second-order valence-electron chi connectivity index (χ2n) is 7.31. The molecule has 0 aliphatic heterocycles. The predicted molar refractivity (Wildman–Crippen MR) is 123 cm³/mol. The SMILES string of the molecule is C/C(=N/OCC(=O)N/N=C/c1c(O)c(Br)cc2oc3c(c12)CCCC3)c1ccccc1. The molecule has 0 saturated heterocycles. The van der Waals surface area contributed by atoms with Gasteiger partial charge in [-0.25, -0.2) is 5.43 Å². The van der Waals surface area contributed by atoms with Crippen molar-refractivity contribution in [1.29, 1.82) is 0 Å². The summed E-state index contributed by atoms with van der Waals surface area (Å²) in [5.74, 6) is 0.553. The molecule has 0 unspecified atom stereocenters. The molecule has 0 atom stereocenters. The number of fused-ring (bicyclic) bond motifs is 3. The van der Waals surface area contributed by atoms with E-state index in [2.05, 4.69) is 31.6 Å². The summed E-state index contributed by atoms with van der Waals surface area (Å²) in [6.07, 6.45) is 5.38. The number of phenolic OH excluding ortho intramolecular Hbond substituents is 1. The van der Waals surface area contributed by atoms with Crippen LogP contribution in [-0.2, 0) is 22.5 Å². The van der Waals surface area contributed by atoms with Gasteiger partial charge in [0, 0.05) is 22.9 Å². The summed E-state index contributed by atoms with van der Waals surface area (Å²) in [6, 6.07) is 11.3. The summed E-state index contributed by atoms with van der Waals surface area (Å²) in [4.78, 5) is 17.2. The van der Waals surface area contributed by atoms with Crippen LogP contribution in [0, 0.1) is 0 Å². The van der Waals surface area contributed by atoms with Crippen molar-refractivity contribution in [1.82, 2.24) is 5.43 Å². The molecule has 1 aliphatic carbocycles. The molecule has 0 fully saturated rings. The zero-order valence-corrected chi connectivity index (χ0v) is 18.6. The topological polar surface area (TPSA) is 96.4 Å². The number of phenols is 1. The number of aryl methyl sites for hydroxylation is 2. The van der Waals surface area contributed by atoms with E-state index in [4.69, 9.17) is 9.25 Å². The first-order valence-electron chi connectivity index (χ1n) is 10.0. The van der Waals surface area contributed by atoms with E-state index in [0.29, 0.717) is 21.3 Å². The van der Waals surface area contributed by atoms with Crippen molar-refractivity contribution < 1.29 is 19.2 Å². The number of rotatable bonds is 6. The maximum atomic E-state index is 12.0. The first-order valence-corrected chi connectivity index (χ1v) is 10.8. The monoisotopic (exact) mass is 483 g/mol. The summed E-state index contributed by atoms with van der Waals surface area (Å²) >= 11 is 3.35. The third-order valence-electron chi connectivity index (χ3n) is 5.18. The van der Waals surface area contributed by atoms with E-state index in [-0.39, 0.29) is 12.4 Å². The zero-order chi connectivity index (χ0) is 21.8. The smallest absolute Gasteiger partial charge is 0.280 e. The van der Waals surface area contributed by atoms with Crippen LogP contribution in [0.25, 0.3) is 11.0 Å². The Morgan fingerprint density at radius 3 is 2.87 bits per heavy atom. The van der Waals surface area contributed by atoms with E-state index in [1.807, 2.05) is 30.3 Å². The van der Waals surface area contributed by atoms with Crippen molar-refractivity contribution >= 4 is 44.7 Å². The van der Waals surface area contributed by atoms with Gasteiger partial charge >= 0.3 is 0 Å². The standard InChI is InChI=1S/C23H22BrN3O4/c1-14(15-7-3-2-4-8-15)27-30-13-21(28)26-25-12-17-22-16-9-5-6-10-19(16)31-20(22)11-18(24)23(17)29/h2-4,7-8,11-12,29H,5-6,9-10,13H2,1H3,(H,26,28)/b25-12+,27-14-. The summed E-state index contributed by atoms with van der Waals surface area (Å²) in [5.41, 5.74) is 6.30. The fourth-order valence-electron chi connectivity index (χ4n) is 3.66. The van der Waals surface area contributed by atoms with Gasteiger partial charge in [-0.2, -0.15) is 5.10 Å². The number of halogens is 1. The fourth-order valence-corrected chi connectivity index (χ4v) is 4.08. The Kier molecular flexibility index (Phi) is 6.36. The van der Waals surface area contributed by atoms with E-state index in [1.54, 1.807) is 13.0 Å². The molecule has 2 N–H and O–H groups in total. The molecule has 0 radical (unpaired) electrons. The normalized spacial score (nSPS) is 14.1. The lowest BCUT2D eigenvalue weighted by molar-refractivity contribution is -0.125. The summed E-state index contributed by atoms with van der Waals surface area (Å²) < 4.78 is 6.49. The van der Waals surface area contributed by atoms with E-state index in [9.17, 15) is 9.90 Å². The Morgan fingerprint density at radius 2 is 2.06 bits per heavy atom. The molecule has 160 valence electrons. The van der Waals surface area contributed by atoms with Gasteiger partial charge in [-0.1, -0.05) is 35.5 Å². The highest BCUT2D eigenvalue weighted by atomic mass is 79.9. The Hall–Kier alpha value is -3.13. The average molecular weight is 484 g/mol. The molecule has 1 heterocycles. The van der Waals surface area contributed by atoms with Gasteiger partial charge in [0.25, 0.3) is 5.91 Å². The summed E-state index contributed by atoms with van der Waals surface area (Å²) in [6.45, 7) is 1.53. The molecule has 7 nitrogen and oxygen atoms in total. The van der Waals surface area contributed by atoms with Crippen molar-refractivity contribution in [3.63, 3.8) is 0 Å². The number of oxime groups is 1. The first kappa shape index (κ1) is 21.1. The molecule has 8 heteroatoms. The van der Waals surface area contributed by atoms with E-state index < -0.39 is 5.91 Å². The van der Waals surface area contributed by atoms with Crippen LogP contribution >= 0.6 is 15.9 Å². The van der Waals surface area contributed by atoms with Crippen LogP contribution in [-0.4, -0.2) is 29.5 Å². The molecule has 1 aliphatic rings. The minimum atomic E-state index is -0.458. The van der Waals surface area contributed by atoms with Gasteiger partial charge in [-0.15, -0.1) is 0 Å². The van der Waals surface area contributed by atoms with Crippen molar-refractivity contribution in [3.05, 3.63) is 63.3 Å². The van der Waals surface area contributed by atoms with Crippen molar-refractivity contribution in [2.75, 3.05) is 6.61 Å². The van der Waals surface area contributed by atoms with Gasteiger partial charge in [0.2, 0.25) is 0 Å². The van der Waals surface area contributed by atoms with Crippen LogP contribution in [0.5, 0.6) is 5.75 Å². The number of nitrogens with zero attached hydrogens (tertiary/aromatic N) is 2. The number of amides is 1. The van der Waals surface area contributed by atoms with E-state index in [1.165, 1.54) is 6.21 Å². The van der Waals surface area contributed by atoms with Gasteiger partial charge in [0.1, 0.15) is 17.1 Å². The molecule has 1 aromatic heterocycles. The molecule has 1 amide bonds. The number of furan rings is 1. The Morgan fingerprint density at radius 1 is 1.29 bits per heavy atom. The molecule has 0 spiro atoms. The number of nitrogens with one attached hydrogen (secondary N) is 1. The number of aromatic hydroxyl groups is 1. The largest absolute Gasteiger partial charge is 0.506 e. The molecule has 0 saturated carbocycles. The number of hydrogen-bond acceptors (Lipinski definition) is 6. The highest BCUT2D eigenvalue weighted by Gasteiger charge is 2.22. The van der Waals surface area contributed by atoms with E-state index >= 15 is 0 Å². The quantitative estimate of drug-likeness (QED) is 0.393. The Bertz CT molecular complexity index is 1170. The van der Waals surface area contributed by atoms with Crippen LogP contribution in [0.1, 0.15) is 42.2 Å².